The lowest BCUT2D eigenvalue weighted by atomic mass is 9.97. The molecule has 234 valence electrons. The van der Waals surface area contributed by atoms with Gasteiger partial charge in [-0.25, -0.2) is 4.79 Å². The average molecular weight is 616 g/mol. The molecule has 10 nitrogen and oxygen atoms in total. The summed E-state index contributed by atoms with van der Waals surface area (Å²) in [7, 11) is 6.04. The van der Waals surface area contributed by atoms with Gasteiger partial charge in [0.05, 0.1) is 5.69 Å². The normalized spacial score (nSPS) is 16.2. The Balaban J connectivity index is 1.09. The third kappa shape index (κ3) is 6.92. The highest BCUT2D eigenvalue weighted by Gasteiger charge is 2.30. The van der Waals surface area contributed by atoms with Crippen molar-refractivity contribution in [2.24, 2.45) is 4.99 Å². The molecule has 2 aliphatic heterocycles. The third-order valence-corrected chi connectivity index (χ3v) is 8.31. The molecule has 0 aromatic heterocycles. The Morgan fingerprint density at radius 1 is 0.848 bits per heavy atom. The van der Waals surface area contributed by atoms with Crippen LogP contribution >= 0.6 is 0 Å². The van der Waals surface area contributed by atoms with E-state index in [1.165, 1.54) is 5.69 Å². The summed E-state index contributed by atoms with van der Waals surface area (Å²) >= 11 is 0. The first-order valence-electron chi connectivity index (χ1n) is 15.3. The molecule has 1 atom stereocenters. The van der Waals surface area contributed by atoms with Crippen molar-refractivity contribution >= 4 is 58.1 Å². The van der Waals surface area contributed by atoms with Crippen LogP contribution < -0.4 is 25.8 Å². The molecule has 3 amide bonds. The van der Waals surface area contributed by atoms with E-state index in [2.05, 4.69) is 49.9 Å². The number of anilines is 5. The van der Waals surface area contributed by atoms with E-state index in [9.17, 15) is 14.4 Å². The summed E-state index contributed by atoms with van der Waals surface area (Å²) in [6.07, 6.45) is 1.66. The molecule has 3 N–H and O–H groups in total. The van der Waals surface area contributed by atoms with Gasteiger partial charge in [-0.05, 0) is 79.3 Å². The molecule has 6 rings (SSSR count). The number of nitrogens with zero attached hydrogens (tertiary/aromatic N) is 4. The highest BCUT2D eigenvalue weighted by molar-refractivity contribution is 6.15. The number of rotatable bonds is 8. The minimum Gasteiger partial charge on any atom is -0.378 e. The van der Waals surface area contributed by atoms with Gasteiger partial charge in [-0.2, -0.15) is 0 Å². The van der Waals surface area contributed by atoms with Gasteiger partial charge in [-0.3, -0.25) is 14.6 Å². The molecule has 10 heteroatoms. The van der Waals surface area contributed by atoms with E-state index in [4.69, 9.17) is 0 Å². The highest BCUT2D eigenvalue weighted by Crippen LogP contribution is 2.33. The Morgan fingerprint density at radius 3 is 2.26 bits per heavy atom. The number of likely N-dealkylation sites (N-methyl/N-ethyl adjacent to an activating group) is 1. The number of piperazine rings is 1. The van der Waals surface area contributed by atoms with Gasteiger partial charge in [0.2, 0.25) is 5.91 Å². The summed E-state index contributed by atoms with van der Waals surface area (Å²) in [5, 5.41) is 8.49. The molecule has 0 saturated carbocycles. The first kappa shape index (κ1) is 30.5. The van der Waals surface area contributed by atoms with Crippen molar-refractivity contribution < 1.29 is 14.4 Å². The number of nitrogens with one attached hydrogen (secondary N) is 3. The van der Waals surface area contributed by atoms with Gasteiger partial charge in [-0.1, -0.05) is 24.3 Å². The number of fused-ring (bicyclic) bond motifs is 1. The van der Waals surface area contributed by atoms with Gasteiger partial charge >= 0.3 is 6.03 Å². The molecule has 4 aromatic rings. The maximum absolute atomic E-state index is 13.4. The van der Waals surface area contributed by atoms with Gasteiger partial charge in [0.15, 0.2) is 5.78 Å². The van der Waals surface area contributed by atoms with E-state index >= 15 is 0 Å². The Morgan fingerprint density at radius 2 is 1.54 bits per heavy atom. The van der Waals surface area contributed by atoms with Gasteiger partial charge in [0, 0.05) is 86.1 Å². The van der Waals surface area contributed by atoms with Crippen molar-refractivity contribution in [1.29, 1.82) is 0 Å². The van der Waals surface area contributed by atoms with E-state index in [-0.39, 0.29) is 11.7 Å². The number of ketones is 1. The number of aliphatic imine (C=N–C) groups is 1. The number of benzene rings is 4. The largest absolute Gasteiger partial charge is 0.378 e. The lowest BCUT2D eigenvalue weighted by Crippen LogP contribution is -2.44. The van der Waals surface area contributed by atoms with Crippen LogP contribution in [0.5, 0.6) is 0 Å². The van der Waals surface area contributed by atoms with Gasteiger partial charge in [0.1, 0.15) is 5.92 Å². The fourth-order valence-electron chi connectivity index (χ4n) is 5.59. The lowest BCUT2D eigenvalue weighted by molar-refractivity contribution is -0.115. The highest BCUT2D eigenvalue weighted by atomic mass is 16.2. The van der Waals surface area contributed by atoms with E-state index in [0.717, 1.165) is 43.1 Å². The maximum atomic E-state index is 13.4. The first-order chi connectivity index (χ1) is 22.2. The van der Waals surface area contributed by atoms with Crippen LogP contribution in [0.4, 0.5) is 38.9 Å². The molecule has 0 spiro atoms. The lowest BCUT2D eigenvalue weighted by Gasteiger charge is -2.34. The minimum atomic E-state index is -0.554. The second-order valence-corrected chi connectivity index (χ2v) is 11.8. The summed E-state index contributed by atoms with van der Waals surface area (Å²) < 4.78 is 0. The number of carbonyl (C=O) groups is 3. The smallest absolute Gasteiger partial charge is 0.323 e. The van der Waals surface area contributed by atoms with Crippen LogP contribution in [-0.4, -0.2) is 76.2 Å². The van der Waals surface area contributed by atoms with E-state index in [1.807, 2.05) is 55.4 Å². The summed E-state index contributed by atoms with van der Waals surface area (Å²) in [6.45, 7) is 4.07. The van der Waals surface area contributed by atoms with Crippen LogP contribution in [0.2, 0.25) is 0 Å². The predicted octanol–water partition coefficient (Wildman–Crippen LogP) is 5.82. The molecular weight excluding hydrogens is 578 g/mol. The molecular formula is C36H37N7O3. The number of hydrogen-bond acceptors (Lipinski definition) is 7. The Hall–Kier alpha value is -5.48. The third-order valence-electron chi connectivity index (χ3n) is 8.31. The number of amides is 3. The molecule has 2 heterocycles. The number of hydrogen-bond donors (Lipinski definition) is 3. The van der Waals surface area contributed by atoms with Crippen LogP contribution in [0.25, 0.3) is 0 Å². The molecule has 0 radical (unpaired) electrons. The van der Waals surface area contributed by atoms with E-state index in [0.29, 0.717) is 28.2 Å². The molecule has 4 aromatic carbocycles. The number of carbonyl (C=O) groups excluding carboxylic acids is 3. The van der Waals surface area contributed by atoms with Crippen LogP contribution in [0.15, 0.2) is 96.0 Å². The standard InChI is InChI=1S/C36H37N7O3/c1-41(2)29-12-10-27(11-13-29)38-36(46)39-28-6-4-5-24(21-28)34(44)25-7-16-31-32(35(45)40-33(31)22-25)23-37-26-8-14-30(15-9-26)43-19-17-42(3)18-20-43/h4-16,21-23,32H,17-20H2,1-3H3,(H,40,45)(H2,38,39,46). The van der Waals surface area contributed by atoms with Crippen molar-refractivity contribution in [2.75, 3.05) is 73.1 Å². The SMILES string of the molecule is CN1CCN(c2ccc(N=CC3C(=O)Nc4cc(C(=O)c5cccc(NC(=O)Nc6ccc(N(C)C)cc6)c5)ccc43)cc2)CC1. The topological polar surface area (TPSA) is 109 Å². The van der Waals surface area contributed by atoms with Crippen LogP contribution in [-0.2, 0) is 4.79 Å². The number of urea groups is 1. The van der Waals surface area contributed by atoms with E-state index < -0.39 is 11.9 Å². The first-order valence-corrected chi connectivity index (χ1v) is 15.3. The van der Waals surface area contributed by atoms with Crippen LogP contribution in [0.3, 0.4) is 0 Å². The summed E-state index contributed by atoms with van der Waals surface area (Å²) in [5.74, 6) is -0.967. The Labute approximate surface area is 268 Å². The van der Waals surface area contributed by atoms with Crippen molar-refractivity contribution in [3.05, 3.63) is 108 Å². The zero-order chi connectivity index (χ0) is 32.2. The molecule has 1 fully saturated rings. The zero-order valence-corrected chi connectivity index (χ0v) is 26.2. The van der Waals surface area contributed by atoms with Gasteiger partial charge in [-0.15, -0.1) is 0 Å². The summed E-state index contributed by atoms with van der Waals surface area (Å²) in [5.41, 5.74) is 6.30. The summed E-state index contributed by atoms with van der Waals surface area (Å²) in [6, 6.07) is 27.1. The molecule has 46 heavy (non-hydrogen) atoms. The average Bonchev–Trinajstić information content (AvgIpc) is 3.38. The van der Waals surface area contributed by atoms with E-state index in [1.54, 1.807) is 48.7 Å². The summed E-state index contributed by atoms with van der Waals surface area (Å²) in [4.78, 5) is 50.1. The maximum Gasteiger partial charge on any atom is 0.323 e. The van der Waals surface area contributed by atoms with Gasteiger partial charge < -0.3 is 30.7 Å². The monoisotopic (exact) mass is 615 g/mol. The second kappa shape index (κ2) is 13.3. The molecule has 1 unspecified atom stereocenters. The van der Waals surface area contributed by atoms with Crippen molar-refractivity contribution in [2.45, 2.75) is 5.92 Å². The van der Waals surface area contributed by atoms with Crippen molar-refractivity contribution in [3.63, 3.8) is 0 Å². The second-order valence-electron chi connectivity index (χ2n) is 11.8. The fourth-order valence-corrected chi connectivity index (χ4v) is 5.59. The zero-order valence-electron chi connectivity index (χ0n) is 26.2. The Bertz CT molecular complexity index is 1780. The molecule has 0 aliphatic carbocycles. The van der Waals surface area contributed by atoms with Crippen LogP contribution in [0, 0.1) is 0 Å². The predicted molar refractivity (Wildman–Crippen MR) is 185 cm³/mol. The van der Waals surface area contributed by atoms with Crippen LogP contribution in [0.1, 0.15) is 27.4 Å². The minimum absolute atomic E-state index is 0.189. The van der Waals surface area contributed by atoms with Crippen molar-refractivity contribution in [3.8, 4) is 0 Å². The fraction of sp³-hybridized carbons (Fsp3) is 0.222. The quantitative estimate of drug-likeness (QED) is 0.170. The molecule has 2 aliphatic rings. The Kier molecular flexibility index (Phi) is 8.80. The molecule has 0 bridgehead atoms. The van der Waals surface area contributed by atoms with Gasteiger partial charge in [0.25, 0.3) is 0 Å². The van der Waals surface area contributed by atoms with Crippen molar-refractivity contribution in [1.82, 2.24) is 4.90 Å². The molecule has 1 saturated heterocycles.